The quantitative estimate of drug-likeness (QED) is 0.726. The van der Waals surface area contributed by atoms with E-state index in [1.165, 1.54) is 4.31 Å². The van der Waals surface area contributed by atoms with Gasteiger partial charge in [0.1, 0.15) is 0 Å². The molecule has 1 aliphatic rings. The standard InChI is InChI=1S/C12H27N3O3S.ClH/c1-4-5-6-12(7-13)14-19(16,17)15-8-10(2)18-11(3)9-15;/h10-12,14H,4-9,13H2,1-3H3;1H. The molecule has 1 rings (SSSR count). The molecule has 3 atom stereocenters. The molecular weight excluding hydrogens is 302 g/mol. The predicted octanol–water partition coefficient (Wildman–Crippen LogP) is 0.869. The molecule has 1 heterocycles. The smallest absolute Gasteiger partial charge is 0.279 e. The van der Waals surface area contributed by atoms with Crippen LogP contribution in [0.15, 0.2) is 0 Å². The second-order valence-corrected chi connectivity index (χ2v) is 6.97. The van der Waals surface area contributed by atoms with E-state index < -0.39 is 10.2 Å². The van der Waals surface area contributed by atoms with Gasteiger partial charge in [-0.2, -0.15) is 17.4 Å². The molecule has 1 aliphatic heterocycles. The number of nitrogens with two attached hydrogens (primary N) is 1. The van der Waals surface area contributed by atoms with Crippen molar-refractivity contribution in [1.82, 2.24) is 9.03 Å². The van der Waals surface area contributed by atoms with Gasteiger partial charge in [-0.05, 0) is 20.3 Å². The first-order chi connectivity index (χ1) is 8.89. The van der Waals surface area contributed by atoms with E-state index in [0.29, 0.717) is 19.6 Å². The summed E-state index contributed by atoms with van der Waals surface area (Å²) in [5.74, 6) is 0. The number of unbranched alkanes of at least 4 members (excludes halogenated alkanes) is 1. The van der Waals surface area contributed by atoms with E-state index in [1.807, 2.05) is 13.8 Å². The molecule has 0 aromatic carbocycles. The summed E-state index contributed by atoms with van der Waals surface area (Å²) < 4.78 is 34.3. The predicted molar refractivity (Wildman–Crippen MR) is 83.3 cm³/mol. The lowest BCUT2D eigenvalue weighted by Gasteiger charge is -2.35. The summed E-state index contributed by atoms with van der Waals surface area (Å²) >= 11 is 0. The average molecular weight is 330 g/mol. The van der Waals surface area contributed by atoms with Gasteiger partial charge in [0, 0.05) is 25.7 Å². The molecule has 0 bridgehead atoms. The second kappa shape index (κ2) is 9.17. The normalized spacial score (nSPS) is 26.0. The Morgan fingerprint density at radius 2 is 1.90 bits per heavy atom. The second-order valence-electron chi connectivity index (χ2n) is 5.27. The van der Waals surface area contributed by atoms with Gasteiger partial charge < -0.3 is 10.5 Å². The first kappa shape index (κ1) is 20.1. The van der Waals surface area contributed by atoms with Crippen LogP contribution in [0.25, 0.3) is 0 Å². The molecule has 6 nitrogen and oxygen atoms in total. The van der Waals surface area contributed by atoms with E-state index in [4.69, 9.17) is 10.5 Å². The van der Waals surface area contributed by atoms with Gasteiger partial charge in [-0.15, -0.1) is 12.4 Å². The van der Waals surface area contributed by atoms with Gasteiger partial charge in [-0.1, -0.05) is 19.8 Å². The maximum Gasteiger partial charge on any atom is 0.279 e. The summed E-state index contributed by atoms with van der Waals surface area (Å²) in [7, 11) is -3.47. The minimum absolute atomic E-state index is 0. The van der Waals surface area contributed by atoms with Crippen LogP contribution in [0.2, 0.25) is 0 Å². The number of nitrogens with one attached hydrogen (secondary N) is 1. The number of morpholine rings is 1. The van der Waals surface area contributed by atoms with Gasteiger partial charge in [0.2, 0.25) is 0 Å². The maximum absolute atomic E-state index is 12.3. The fourth-order valence-corrected chi connectivity index (χ4v) is 3.88. The van der Waals surface area contributed by atoms with Crippen LogP contribution in [0.3, 0.4) is 0 Å². The summed E-state index contributed by atoms with van der Waals surface area (Å²) in [5.41, 5.74) is 5.63. The highest BCUT2D eigenvalue weighted by atomic mass is 35.5. The third-order valence-corrected chi connectivity index (χ3v) is 4.84. The molecule has 0 amide bonds. The average Bonchev–Trinajstić information content (AvgIpc) is 2.33. The van der Waals surface area contributed by atoms with E-state index in [9.17, 15) is 8.42 Å². The van der Waals surface area contributed by atoms with Gasteiger partial charge in [0.25, 0.3) is 10.2 Å². The highest BCUT2D eigenvalue weighted by Gasteiger charge is 2.31. The molecule has 122 valence electrons. The Bertz CT molecular complexity index is 357. The zero-order chi connectivity index (χ0) is 14.5. The minimum Gasteiger partial charge on any atom is -0.373 e. The van der Waals surface area contributed by atoms with Crippen molar-refractivity contribution < 1.29 is 13.2 Å². The zero-order valence-corrected chi connectivity index (χ0v) is 14.2. The van der Waals surface area contributed by atoms with Crippen LogP contribution in [-0.2, 0) is 14.9 Å². The molecule has 3 N–H and O–H groups in total. The van der Waals surface area contributed by atoms with Crippen molar-refractivity contribution in [3.05, 3.63) is 0 Å². The van der Waals surface area contributed by atoms with Crippen molar-refractivity contribution in [1.29, 1.82) is 0 Å². The van der Waals surface area contributed by atoms with Gasteiger partial charge >= 0.3 is 0 Å². The molecule has 0 radical (unpaired) electrons. The van der Waals surface area contributed by atoms with Crippen molar-refractivity contribution in [2.45, 2.75) is 58.3 Å². The van der Waals surface area contributed by atoms with Crippen LogP contribution in [0.1, 0.15) is 40.0 Å². The van der Waals surface area contributed by atoms with E-state index in [-0.39, 0.29) is 30.7 Å². The summed E-state index contributed by atoms with van der Waals surface area (Å²) in [6, 6.07) is -0.182. The molecule has 0 aliphatic carbocycles. The lowest BCUT2D eigenvalue weighted by atomic mass is 10.1. The van der Waals surface area contributed by atoms with Crippen LogP contribution in [-0.4, -0.2) is 50.6 Å². The Kier molecular flexibility index (Phi) is 9.21. The topological polar surface area (TPSA) is 84.7 Å². The van der Waals surface area contributed by atoms with Crippen LogP contribution < -0.4 is 10.5 Å². The first-order valence-corrected chi connectivity index (χ1v) is 8.46. The maximum atomic E-state index is 12.3. The third kappa shape index (κ3) is 6.24. The van der Waals surface area contributed by atoms with Gasteiger partial charge in [-0.25, -0.2) is 0 Å². The van der Waals surface area contributed by atoms with Gasteiger partial charge in [0.15, 0.2) is 0 Å². The zero-order valence-electron chi connectivity index (χ0n) is 12.5. The van der Waals surface area contributed by atoms with Crippen molar-refractivity contribution in [3.63, 3.8) is 0 Å². The van der Waals surface area contributed by atoms with Crippen molar-refractivity contribution in [2.24, 2.45) is 5.73 Å². The minimum atomic E-state index is -3.47. The molecule has 1 fully saturated rings. The van der Waals surface area contributed by atoms with E-state index >= 15 is 0 Å². The monoisotopic (exact) mass is 329 g/mol. The highest BCUT2D eigenvalue weighted by molar-refractivity contribution is 7.87. The molecular formula is C12H28ClN3O3S. The number of halogens is 1. The summed E-state index contributed by atoms with van der Waals surface area (Å²) in [6.45, 7) is 6.96. The summed E-state index contributed by atoms with van der Waals surface area (Å²) in [4.78, 5) is 0. The van der Waals surface area contributed by atoms with Crippen LogP contribution >= 0.6 is 12.4 Å². The fraction of sp³-hybridized carbons (Fsp3) is 1.00. The molecule has 8 heteroatoms. The molecule has 0 saturated carbocycles. The number of ether oxygens (including phenoxy) is 1. The number of rotatable bonds is 7. The van der Waals surface area contributed by atoms with Crippen LogP contribution in [0.5, 0.6) is 0 Å². The molecule has 0 aromatic heterocycles. The lowest BCUT2D eigenvalue weighted by molar-refractivity contribution is -0.0444. The van der Waals surface area contributed by atoms with Crippen molar-refractivity contribution in [3.8, 4) is 0 Å². The van der Waals surface area contributed by atoms with Crippen molar-refractivity contribution >= 4 is 22.6 Å². The Morgan fingerprint density at radius 3 is 2.35 bits per heavy atom. The van der Waals surface area contributed by atoms with Gasteiger partial charge in [0.05, 0.1) is 12.2 Å². The van der Waals surface area contributed by atoms with Crippen molar-refractivity contribution in [2.75, 3.05) is 19.6 Å². The Morgan fingerprint density at radius 1 is 1.35 bits per heavy atom. The van der Waals surface area contributed by atoms with Gasteiger partial charge in [-0.3, -0.25) is 0 Å². The lowest BCUT2D eigenvalue weighted by Crippen LogP contribution is -2.54. The van der Waals surface area contributed by atoms with E-state index in [1.54, 1.807) is 0 Å². The molecule has 1 saturated heterocycles. The third-order valence-electron chi connectivity index (χ3n) is 3.23. The summed E-state index contributed by atoms with van der Waals surface area (Å²) in [6.07, 6.45) is 2.63. The summed E-state index contributed by atoms with van der Waals surface area (Å²) in [5, 5.41) is 0. The number of hydrogen-bond acceptors (Lipinski definition) is 4. The SMILES string of the molecule is CCCCC(CN)NS(=O)(=O)N1CC(C)OC(C)C1.Cl. The number of nitrogens with zero attached hydrogens (tertiary/aromatic N) is 1. The molecule has 3 unspecified atom stereocenters. The van der Waals surface area contributed by atoms with Crippen LogP contribution in [0.4, 0.5) is 0 Å². The Balaban J connectivity index is 0.00000361. The highest BCUT2D eigenvalue weighted by Crippen LogP contribution is 2.14. The fourth-order valence-electron chi connectivity index (χ4n) is 2.29. The number of hydrogen-bond donors (Lipinski definition) is 2. The molecule has 0 aromatic rings. The van der Waals surface area contributed by atoms with Crippen LogP contribution in [0, 0.1) is 0 Å². The van der Waals surface area contributed by atoms with E-state index in [0.717, 1.165) is 19.3 Å². The molecule has 0 spiro atoms. The molecule has 20 heavy (non-hydrogen) atoms. The first-order valence-electron chi connectivity index (χ1n) is 7.02. The Hall–Kier alpha value is 0.0800. The largest absolute Gasteiger partial charge is 0.373 e. The van der Waals surface area contributed by atoms with E-state index in [2.05, 4.69) is 11.6 Å². The Labute approximate surface area is 129 Å².